The Bertz CT molecular complexity index is 498. The van der Waals surface area contributed by atoms with Crippen molar-refractivity contribution < 1.29 is 0 Å². The van der Waals surface area contributed by atoms with Gasteiger partial charge >= 0.3 is 0 Å². The average Bonchev–Trinajstić information content (AvgIpc) is 2.86. The summed E-state index contributed by atoms with van der Waals surface area (Å²) < 4.78 is 0. The van der Waals surface area contributed by atoms with E-state index in [1.807, 2.05) is 0 Å². The van der Waals surface area contributed by atoms with E-state index >= 15 is 0 Å². The van der Waals surface area contributed by atoms with Crippen molar-refractivity contribution in [3.8, 4) is 0 Å². The van der Waals surface area contributed by atoms with Gasteiger partial charge in [-0.05, 0) is 18.8 Å². The van der Waals surface area contributed by atoms with E-state index < -0.39 is 5.79 Å². The highest BCUT2D eigenvalue weighted by molar-refractivity contribution is 6.47. The molecule has 18 heavy (non-hydrogen) atoms. The molecular weight excluding hydrogens is 230 g/mol. The third kappa shape index (κ3) is 1.20. The summed E-state index contributed by atoms with van der Waals surface area (Å²) in [4.78, 5) is 17.2. The molecule has 7 heteroatoms. The van der Waals surface area contributed by atoms with Gasteiger partial charge in [-0.1, -0.05) is 0 Å². The van der Waals surface area contributed by atoms with Crippen molar-refractivity contribution in [2.45, 2.75) is 18.6 Å². The molecule has 1 unspecified atom stereocenters. The minimum atomic E-state index is -0.773. The molecule has 0 aromatic heterocycles. The predicted molar refractivity (Wildman–Crippen MR) is 69.8 cm³/mol. The van der Waals surface area contributed by atoms with Crippen molar-refractivity contribution in [3.05, 3.63) is 0 Å². The van der Waals surface area contributed by atoms with E-state index in [0.717, 1.165) is 25.6 Å². The zero-order chi connectivity index (χ0) is 12.2. The van der Waals surface area contributed by atoms with Crippen LogP contribution in [-0.4, -0.2) is 59.7 Å². The molecule has 0 amide bonds. The Kier molecular flexibility index (Phi) is 1.98. The van der Waals surface area contributed by atoms with E-state index in [-0.39, 0.29) is 0 Å². The summed E-state index contributed by atoms with van der Waals surface area (Å²) in [5.74, 6) is 0.382. The summed E-state index contributed by atoms with van der Waals surface area (Å²) >= 11 is 0. The first-order valence-corrected chi connectivity index (χ1v) is 6.31. The molecule has 7 nitrogen and oxygen atoms in total. The number of nitrogens with zero attached hydrogens (tertiary/aromatic N) is 6. The minimum absolute atomic E-state index is 0.421. The van der Waals surface area contributed by atoms with Gasteiger partial charge in [-0.25, -0.2) is 25.0 Å². The standard InChI is InChI=1S/C11H15N7/c12-10-9-11(15-6-13-9,16-7-14-10)18-5-8-1-3-17(18)4-2-8/h6-8H,1-5H2,(H2,12,14,16). The summed E-state index contributed by atoms with van der Waals surface area (Å²) in [6.45, 7) is 3.12. The van der Waals surface area contributed by atoms with Gasteiger partial charge in [0.2, 0.25) is 0 Å². The molecule has 3 saturated heterocycles. The number of hydrazine groups is 1. The molecular formula is C11H15N7. The second-order valence-electron chi connectivity index (χ2n) is 5.10. The highest BCUT2D eigenvalue weighted by Crippen LogP contribution is 2.36. The minimum Gasteiger partial charge on any atom is -0.382 e. The third-order valence-corrected chi connectivity index (χ3v) is 4.14. The summed E-state index contributed by atoms with van der Waals surface area (Å²) in [6, 6.07) is 0. The molecule has 0 aromatic rings. The fraction of sp³-hybridized carbons (Fsp3) is 0.636. The lowest BCUT2D eigenvalue weighted by Gasteiger charge is -2.52. The maximum absolute atomic E-state index is 5.91. The van der Waals surface area contributed by atoms with Crippen molar-refractivity contribution in [2.24, 2.45) is 31.6 Å². The molecule has 5 aliphatic heterocycles. The zero-order valence-corrected chi connectivity index (χ0v) is 10.0. The van der Waals surface area contributed by atoms with Crippen molar-refractivity contribution in [3.63, 3.8) is 0 Å². The average molecular weight is 245 g/mol. The molecule has 0 aliphatic carbocycles. The van der Waals surface area contributed by atoms with Gasteiger partial charge in [0.1, 0.15) is 12.7 Å². The SMILES string of the molecule is NC1=NC=NC2(N3CC4CCN3CC4)N=CN=C12. The normalized spacial score (nSPS) is 41.8. The van der Waals surface area contributed by atoms with Gasteiger partial charge in [0.05, 0.1) is 0 Å². The Hall–Kier alpha value is -1.60. The van der Waals surface area contributed by atoms with Gasteiger partial charge in [0.25, 0.3) is 5.79 Å². The lowest BCUT2D eigenvalue weighted by molar-refractivity contribution is -0.148. The van der Waals surface area contributed by atoms with Crippen LogP contribution < -0.4 is 5.73 Å². The van der Waals surface area contributed by atoms with Gasteiger partial charge in [-0.2, -0.15) is 5.01 Å². The van der Waals surface area contributed by atoms with Crippen molar-refractivity contribution in [1.29, 1.82) is 0 Å². The molecule has 5 rings (SSSR count). The number of amidine groups is 1. The van der Waals surface area contributed by atoms with Crippen LogP contribution in [0.25, 0.3) is 0 Å². The van der Waals surface area contributed by atoms with Crippen molar-refractivity contribution in [1.82, 2.24) is 10.0 Å². The Balaban J connectivity index is 1.76. The monoisotopic (exact) mass is 245 g/mol. The van der Waals surface area contributed by atoms with Crippen LogP contribution in [0.4, 0.5) is 0 Å². The molecule has 2 N–H and O–H groups in total. The van der Waals surface area contributed by atoms with Crippen LogP contribution in [0, 0.1) is 5.92 Å². The van der Waals surface area contributed by atoms with E-state index in [0.29, 0.717) is 11.5 Å². The van der Waals surface area contributed by atoms with Crippen LogP contribution in [0.1, 0.15) is 12.8 Å². The molecule has 3 fully saturated rings. The lowest BCUT2D eigenvalue weighted by atomic mass is 9.93. The third-order valence-electron chi connectivity index (χ3n) is 4.14. The van der Waals surface area contributed by atoms with Gasteiger partial charge in [0, 0.05) is 19.6 Å². The van der Waals surface area contributed by atoms with E-state index in [2.05, 4.69) is 30.0 Å². The lowest BCUT2D eigenvalue weighted by Crippen LogP contribution is -2.67. The maximum atomic E-state index is 5.91. The molecule has 1 atom stereocenters. The van der Waals surface area contributed by atoms with Crippen LogP contribution in [0.3, 0.4) is 0 Å². The molecule has 5 aliphatic rings. The Morgan fingerprint density at radius 3 is 2.56 bits per heavy atom. The quantitative estimate of drug-likeness (QED) is 0.674. The fourth-order valence-corrected chi connectivity index (χ4v) is 3.16. The first-order chi connectivity index (χ1) is 8.79. The van der Waals surface area contributed by atoms with Crippen LogP contribution in [0.5, 0.6) is 0 Å². The second kappa shape index (κ2) is 3.46. The van der Waals surface area contributed by atoms with Gasteiger partial charge in [-0.3, -0.25) is 0 Å². The summed E-state index contributed by atoms with van der Waals surface area (Å²) in [5, 5.41) is 4.54. The number of nitrogens with two attached hydrogens (primary N) is 1. The molecule has 0 radical (unpaired) electrons. The van der Waals surface area contributed by atoms with Crippen molar-refractivity contribution >= 4 is 24.2 Å². The van der Waals surface area contributed by atoms with Crippen LogP contribution in [0.2, 0.25) is 0 Å². The van der Waals surface area contributed by atoms with Crippen LogP contribution >= 0.6 is 0 Å². The number of hydrogen-bond acceptors (Lipinski definition) is 7. The van der Waals surface area contributed by atoms with Gasteiger partial charge < -0.3 is 5.73 Å². The molecule has 5 heterocycles. The largest absolute Gasteiger partial charge is 0.382 e. The second-order valence-corrected chi connectivity index (χ2v) is 5.10. The molecule has 94 valence electrons. The molecule has 0 saturated carbocycles. The van der Waals surface area contributed by atoms with E-state index in [4.69, 9.17) is 5.73 Å². The van der Waals surface area contributed by atoms with Crippen molar-refractivity contribution in [2.75, 3.05) is 19.6 Å². The predicted octanol–water partition coefficient (Wildman–Crippen LogP) is -0.535. The zero-order valence-electron chi connectivity index (χ0n) is 10.0. The van der Waals surface area contributed by atoms with E-state index in [1.165, 1.54) is 19.2 Å². The Morgan fingerprint density at radius 1 is 1.17 bits per heavy atom. The number of piperidine rings is 1. The first kappa shape index (κ1) is 10.3. The van der Waals surface area contributed by atoms with Gasteiger partial charge in [-0.15, -0.1) is 0 Å². The smallest absolute Gasteiger partial charge is 0.270 e. The molecule has 0 aromatic carbocycles. The van der Waals surface area contributed by atoms with E-state index in [1.54, 1.807) is 6.34 Å². The summed E-state index contributed by atoms with van der Waals surface area (Å²) in [5.41, 5.74) is 6.58. The first-order valence-electron chi connectivity index (χ1n) is 6.31. The van der Waals surface area contributed by atoms with E-state index in [9.17, 15) is 0 Å². The molecule has 2 bridgehead atoms. The topological polar surface area (TPSA) is 81.9 Å². The molecule has 0 spiro atoms. The number of hydrogen-bond donors (Lipinski definition) is 1. The maximum Gasteiger partial charge on any atom is 0.270 e. The number of fused-ring (bicyclic) bond motifs is 5. The number of rotatable bonds is 1. The van der Waals surface area contributed by atoms with Gasteiger partial charge in [0.15, 0.2) is 11.5 Å². The van der Waals surface area contributed by atoms with Crippen LogP contribution in [-0.2, 0) is 0 Å². The number of aliphatic imine (C=N–C) groups is 4. The Morgan fingerprint density at radius 2 is 1.89 bits per heavy atom. The Labute approximate surface area is 105 Å². The summed E-state index contributed by atoms with van der Waals surface area (Å²) in [6.07, 6.45) is 5.57. The fourth-order valence-electron chi connectivity index (χ4n) is 3.16. The highest BCUT2D eigenvalue weighted by atomic mass is 15.7. The van der Waals surface area contributed by atoms with Crippen LogP contribution in [0.15, 0.2) is 20.0 Å². The summed E-state index contributed by atoms with van der Waals surface area (Å²) in [7, 11) is 0. The highest BCUT2D eigenvalue weighted by Gasteiger charge is 2.52.